The molecule has 2 heteroatoms. The van der Waals surface area contributed by atoms with Crippen LogP contribution in [0.2, 0.25) is 0 Å². The Labute approximate surface area is 110 Å². The fraction of sp³-hybridized carbons (Fsp3) is 0.625. The third-order valence-electron chi connectivity index (χ3n) is 3.77. The lowest BCUT2D eigenvalue weighted by molar-refractivity contribution is 0.165. The lowest BCUT2D eigenvalue weighted by Crippen LogP contribution is -2.08. The predicted molar refractivity (Wildman–Crippen MR) is 73.8 cm³/mol. The second-order valence-electron chi connectivity index (χ2n) is 5.34. The van der Waals surface area contributed by atoms with Crippen LogP contribution in [0.3, 0.4) is 0 Å². The van der Waals surface area contributed by atoms with Gasteiger partial charge in [-0.2, -0.15) is 0 Å². The molecule has 1 aliphatic carbocycles. The van der Waals surface area contributed by atoms with Crippen molar-refractivity contribution in [2.45, 2.75) is 51.6 Å². The topological polar surface area (TPSA) is 29.5 Å². The molecule has 1 fully saturated rings. The summed E-state index contributed by atoms with van der Waals surface area (Å²) in [7, 11) is 0. The van der Waals surface area contributed by atoms with E-state index in [-0.39, 0.29) is 6.10 Å². The smallest absolute Gasteiger partial charge is 0.119 e. The van der Waals surface area contributed by atoms with E-state index in [1.165, 1.54) is 25.7 Å². The van der Waals surface area contributed by atoms with Gasteiger partial charge in [0, 0.05) is 0 Å². The molecule has 1 atom stereocenters. The summed E-state index contributed by atoms with van der Waals surface area (Å²) < 4.78 is 5.85. The summed E-state index contributed by atoms with van der Waals surface area (Å²) >= 11 is 0. The SMILES string of the molecule is CCC[C@@H](O)c1cccc(OCC2CCCC2)c1. The molecule has 1 aliphatic rings. The van der Waals surface area contributed by atoms with Crippen molar-refractivity contribution in [2.75, 3.05) is 6.61 Å². The van der Waals surface area contributed by atoms with Crippen LogP contribution in [0.25, 0.3) is 0 Å². The highest BCUT2D eigenvalue weighted by Gasteiger charge is 2.15. The first-order valence-corrected chi connectivity index (χ1v) is 7.20. The molecule has 1 saturated carbocycles. The van der Waals surface area contributed by atoms with Crippen LogP contribution in [-0.4, -0.2) is 11.7 Å². The third-order valence-corrected chi connectivity index (χ3v) is 3.77. The van der Waals surface area contributed by atoms with Crippen molar-refractivity contribution >= 4 is 0 Å². The summed E-state index contributed by atoms with van der Waals surface area (Å²) in [6.07, 6.45) is 6.76. The Bertz CT molecular complexity index is 356. The molecule has 1 aromatic carbocycles. The summed E-state index contributed by atoms with van der Waals surface area (Å²) in [5, 5.41) is 9.97. The van der Waals surface area contributed by atoms with Gasteiger partial charge in [-0.05, 0) is 42.9 Å². The van der Waals surface area contributed by atoms with Crippen molar-refractivity contribution in [2.24, 2.45) is 5.92 Å². The Kier molecular flexibility index (Phi) is 5.06. The van der Waals surface area contributed by atoms with E-state index in [0.29, 0.717) is 0 Å². The molecule has 0 aliphatic heterocycles. The predicted octanol–water partition coefficient (Wildman–Crippen LogP) is 4.09. The van der Waals surface area contributed by atoms with Crippen molar-refractivity contribution in [3.8, 4) is 5.75 Å². The lowest BCUT2D eigenvalue weighted by Gasteiger charge is -2.14. The molecular weight excluding hydrogens is 224 g/mol. The van der Waals surface area contributed by atoms with Gasteiger partial charge in [-0.15, -0.1) is 0 Å². The Hall–Kier alpha value is -1.02. The van der Waals surface area contributed by atoms with E-state index >= 15 is 0 Å². The molecule has 0 aromatic heterocycles. The van der Waals surface area contributed by atoms with E-state index in [1.807, 2.05) is 24.3 Å². The van der Waals surface area contributed by atoms with Gasteiger partial charge in [0.2, 0.25) is 0 Å². The molecule has 0 spiro atoms. The molecular formula is C16H24O2. The summed E-state index contributed by atoms with van der Waals surface area (Å²) in [6, 6.07) is 7.91. The molecule has 1 aromatic rings. The minimum Gasteiger partial charge on any atom is -0.493 e. The van der Waals surface area contributed by atoms with Gasteiger partial charge >= 0.3 is 0 Å². The molecule has 18 heavy (non-hydrogen) atoms. The van der Waals surface area contributed by atoms with Gasteiger partial charge in [-0.3, -0.25) is 0 Å². The van der Waals surface area contributed by atoms with E-state index in [1.54, 1.807) is 0 Å². The maximum absolute atomic E-state index is 9.97. The molecule has 0 heterocycles. The highest BCUT2D eigenvalue weighted by molar-refractivity contribution is 5.29. The van der Waals surface area contributed by atoms with Crippen LogP contribution in [0.5, 0.6) is 5.75 Å². The number of aliphatic hydroxyl groups excluding tert-OH is 1. The zero-order chi connectivity index (χ0) is 12.8. The number of rotatable bonds is 6. The molecule has 2 nitrogen and oxygen atoms in total. The van der Waals surface area contributed by atoms with Gasteiger partial charge in [0.25, 0.3) is 0 Å². The van der Waals surface area contributed by atoms with Crippen LogP contribution >= 0.6 is 0 Å². The van der Waals surface area contributed by atoms with E-state index in [2.05, 4.69) is 6.92 Å². The van der Waals surface area contributed by atoms with Crippen LogP contribution in [0.1, 0.15) is 57.1 Å². The van der Waals surface area contributed by atoms with Gasteiger partial charge in [-0.1, -0.05) is 38.3 Å². The molecule has 0 unspecified atom stereocenters. The average molecular weight is 248 g/mol. The molecule has 1 N–H and O–H groups in total. The standard InChI is InChI=1S/C16H24O2/c1-2-6-16(17)14-9-5-10-15(11-14)18-12-13-7-3-4-8-13/h5,9-11,13,16-17H,2-4,6-8,12H2,1H3/t16-/m1/s1. The Morgan fingerprint density at radius 3 is 2.83 bits per heavy atom. The van der Waals surface area contributed by atoms with Crippen LogP contribution in [0.15, 0.2) is 24.3 Å². The van der Waals surface area contributed by atoms with E-state index in [9.17, 15) is 5.11 Å². The first-order valence-electron chi connectivity index (χ1n) is 7.20. The molecule has 0 amide bonds. The molecule has 0 radical (unpaired) electrons. The number of hydrogen-bond donors (Lipinski definition) is 1. The number of hydrogen-bond acceptors (Lipinski definition) is 2. The molecule has 0 saturated heterocycles. The fourth-order valence-corrected chi connectivity index (χ4v) is 2.64. The molecule has 100 valence electrons. The van der Waals surface area contributed by atoms with Gasteiger partial charge in [0.15, 0.2) is 0 Å². The monoisotopic (exact) mass is 248 g/mol. The molecule has 0 bridgehead atoms. The number of ether oxygens (including phenoxy) is 1. The van der Waals surface area contributed by atoms with E-state index < -0.39 is 0 Å². The maximum Gasteiger partial charge on any atom is 0.119 e. The largest absolute Gasteiger partial charge is 0.493 e. The summed E-state index contributed by atoms with van der Waals surface area (Å²) in [4.78, 5) is 0. The van der Waals surface area contributed by atoms with E-state index in [0.717, 1.165) is 36.7 Å². The summed E-state index contributed by atoms with van der Waals surface area (Å²) in [5.74, 6) is 1.63. The zero-order valence-corrected chi connectivity index (χ0v) is 11.3. The zero-order valence-electron chi connectivity index (χ0n) is 11.3. The highest BCUT2D eigenvalue weighted by atomic mass is 16.5. The van der Waals surface area contributed by atoms with Crippen LogP contribution in [-0.2, 0) is 0 Å². The lowest BCUT2D eigenvalue weighted by atomic mass is 10.1. The normalized spacial score (nSPS) is 17.9. The van der Waals surface area contributed by atoms with Crippen LogP contribution in [0, 0.1) is 5.92 Å². The quantitative estimate of drug-likeness (QED) is 0.821. The molecule has 2 rings (SSSR count). The Morgan fingerprint density at radius 2 is 2.11 bits per heavy atom. The van der Waals surface area contributed by atoms with Gasteiger partial charge in [0.1, 0.15) is 5.75 Å². The second-order valence-corrected chi connectivity index (χ2v) is 5.34. The fourth-order valence-electron chi connectivity index (χ4n) is 2.64. The van der Waals surface area contributed by atoms with Gasteiger partial charge < -0.3 is 9.84 Å². The Morgan fingerprint density at radius 1 is 1.33 bits per heavy atom. The van der Waals surface area contributed by atoms with Crippen molar-refractivity contribution in [1.82, 2.24) is 0 Å². The Balaban J connectivity index is 1.89. The van der Waals surface area contributed by atoms with Crippen molar-refractivity contribution < 1.29 is 9.84 Å². The van der Waals surface area contributed by atoms with Gasteiger partial charge in [-0.25, -0.2) is 0 Å². The third kappa shape index (κ3) is 3.74. The summed E-state index contributed by atoms with van der Waals surface area (Å²) in [6.45, 7) is 2.91. The first kappa shape index (κ1) is 13.4. The second kappa shape index (κ2) is 6.79. The van der Waals surface area contributed by atoms with Crippen LogP contribution < -0.4 is 4.74 Å². The van der Waals surface area contributed by atoms with E-state index in [4.69, 9.17) is 4.74 Å². The maximum atomic E-state index is 9.97. The highest BCUT2D eigenvalue weighted by Crippen LogP contribution is 2.27. The van der Waals surface area contributed by atoms with Crippen molar-refractivity contribution in [1.29, 1.82) is 0 Å². The number of benzene rings is 1. The van der Waals surface area contributed by atoms with Crippen molar-refractivity contribution in [3.63, 3.8) is 0 Å². The minimum absolute atomic E-state index is 0.356. The summed E-state index contributed by atoms with van der Waals surface area (Å²) in [5.41, 5.74) is 0.973. The van der Waals surface area contributed by atoms with Gasteiger partial charge in [0.05, 0.1) is 12.7 Å². The number of aliphatic hydroxyl groups is 1. The van der Waals surface area contributed by atoms with Crippen LogP contribution in [0.4, 0.5) is 0 Å². The average Bonchev–Trinajstić information content (AvgIpc) is 2.90. The minimum atomic E-state index is -0.356. The first-order chi connectivity index (χ1) is 8.79. The van der Waals surface area contributed by atoms with Crippen molar-refractivity contribution in [3.05, 3.63) is 29.8 Å².